The van der Waals surface area contributed by atoms with Crippen LogP contribution < -0.4 is 0 Å². The van der Waals surface area contributed by atoms with E-state index in [2.05, 4.69) is 13.5 Å². The summed E-state index contributed by atoms with van der Waals surface area (Å²) in [4.78, 5) is 11.5. The number of rotatable bonds is 13. The molecule has 124 valence electrons. The van der Waals surface area contributed by atoms with Gasteiger partial charge >= 0.3 is 5.97 Å². The molecule has 0 spiro atoms. The smallest absolute Gasteiger partial charge is 0.333 e. The van der Waals surface area contributed by atoms with E-state index in [1.807, 2.05) is 13.8 Å². The fourth-order valence-electron chi connectivity index (χ4n) is 2.43. The number of hydrogen-bond acceptors (Lipinski definition) is 2. The van der Waals surface area contributed by atoms with E-state index in [0.29, 0.717) is 5.57 Å². The molecule has 0 N–H and O–H groups in total. The highest BCUT2D eigenvalue weighted by Gasteiger charge is 2.22. The van der Waals surface area contributed by atoms with Crippen molar-refractivity contribution in [3.05, 3.63) is 12.2 Å². The molecule has 0 saturated heterocycles. The fraction of sp³-hybridized carbons (Fsp3) is 0.842. The molecule has 0 heterocycles. The van der Waals surface area contributed by atoms with Crippen LogP contribution in [0.4, 0.5) is 0 Å². The first-order valence-electron chi connectivity index (χ1n) is 8.78. The predicted molar refractivity (Wildman–Crippen MR) is 91.4 cm³/mol. The lowest BCUT2D eigenvalue weighted by Gasteiger charge is -2.25. The molecule has 0 aliphatic rings. The van der Waals surface area contributed by atoms with Crippen molar-refractivity contribution < 1.29 is 9.53 Å². The first kappa shape index (κ1) is 20.2. The quantitative estimate of drug-likeness (QED) is 0.230. The van der Waals surface area contributed by atoms with E-state index < -0.39 is 0 Å². The zero-order chi connectivity index (χ0) is 16.1. The number of carbonyl (C=O) groups excluding carboxylic acids is 1. The molecule has 0 unspecified atom stereocenters. The summed E-state index contributed by atoms with van der Waals surface area (Å²) in [6, 6.07) is 0. The van der Waals surface area contributed by atoms with Crippen molar-refractivity contribution in [1.82, 2.24) is 0 Å². The van der Waals surface area contributed by atoms with Gasteiger partial charge < -0.3 is 4.74 Å². The van der Waals surface area contributed by atoms with E-state index in [4.69, 9.17) is 4.74 Å². The van der Waals surface area contributed by atoms with E-state index in [0.717, 1.165) is 12.8 Å². The van der Waals surface area contributed by atoms with Crippen LogP contribution in [0.1, 0.15) is 98.3 Å². The third-order valence-electron chi connectivity index (χ3n) is 3.85. The SMILES string of the molecule is C=C(C)C(=O)OC(C)(C)CCCCCCCCCCCC. The normalized spacial score (nSPS) is 11.4. The second-order valence-electron chi connectivity index (χ2n) is 6.86. The van der Waals surface area contributed by atoms with Crippen molar-refractivity contribution in [1.29, 1.82) is 0 Å². The van der Waals surface area contributed by atoms with Gasteiger partial charge in [-0.05, 0) is 33.6 Å². The molecule has 0 fully saturated rings. The van der Waals surface area contributed by atoms with Crippen LogP contribution in [0.15, 0.2) is 12.2 Å². The Morgan fingerprint density at radius 2 is 1.33 bits per heavy atom. The van der Waals surface area contributed by atoms with Gasteiger partial charge in [-0.25, -0.2) is 4.79 Å². The van der Waals surface area contributed by atoms with E-state index in [1.165, 1.54) is 57.8 Å². The maximum atomic E-state index is 11.5. The van der Waals surface area contributed by atoms with Crippen LogP contribution in [-0.2, 0) is 9.53 Å². The van der Waals surface area contributed by atoms with E-state index in [1.54, 1.807) is 6.92 Å². The van der Waals surface area contributed by atoms with Crippen molar-refractivity contribution in [2.45, 2.75) is 104 Å². The molecule has 0 radical (unpaired) electrons. The minimum atomic E-state index is -0.365. The van der Waals surface area contributed by atoms with Crippen LogP contribution >= 0.6 is 0 Å². The molecule has 0 rings (SSSR count). The number of esters is 1. The molecule has 2 nitrogen and oxygen atoms in total. The van der Waals surface area contributed by atoms with E-state index in [9.17, 15) is 4.79 Å². The van der Waals surface area contributed by atoms with Gasteiger partial charge in [0.25, 0.3) is 0 Å². The average Bonchev–Trinajstić information content (AvgIpc) is 2.40. The van der Waals surface area contributed by atoms with Crippen LogP contribution in [0.3, 0.4) is 0 Å². The van der Waals surface area contributed by atoms with Crippen molar-refractivity contribution in [3.8, 4) is 0 Å². The van der Waals surface area contributed by atoms with Crippen molar-refractivity contribution in [2.75, 3.05) is 0 Å². The predicted octanol–water partition coefficient (Wildman–Crippen LogP) is 6.20. The van der Waals surface area contributed by atoms with Crippen LogP contribution in [-0.4, -0.2) is 11.6 Å². The first-order valence-corrected chi connectivity index (χ1v) is 8.78. The van der Waals surface area contributed by atoms with Crippen LogP contribution in [0, 0.1) is 0 Å². The molecule has 0 amide bonds. The Morgan fingerprint density at radius 3 is 1.76 bits per heavy atom. The Kier molecular flexibility index (Phi) is 11.4. The van der Waals surface area contributed by atoms with Gasteiger partial charge in [0.1, 0.15) is 5.60 Å². The zero-order valence-corrected chi connectivity index (χ0v) is 14.8. The minimum Gasteiger partial charge on any atom is -0.456 e. The van der Waals surface area contributed by atoms with Crippen LogP contribution in [0.5, 0.6) is 0 Å². The van der Waals surface area contributed by atoms with Gasteiger partial charge in [-0.3, -0.25) is 0 Å². The molecule has 0 aliphatic heterocycles. The molecule has 0 atom stereocenters. The van der Waals surface area contributed by atoms with Gasteiger partial charge in [-0.15, -0.1) is 0 Å². The first-order chi connectivity index (χ1) is 9.89. The topological polar surface area (TPSA) is 26.3 Å². The lowest BCUT2D eigenvalue weighted by atomic mass is 9.99. The Balaban J connectivity index is 3.49. The lowest BCUT2D eigenvalue weighted by Crippen LogP contribution is -2.28. The summed E-state index contributed by atoms with van der Waals surface area (Å²) in [5.41, 5.74) is 0.113. The summed E-state index contributed by atoms with van der Waals surface area (Å²) >= 11 is 0. The summed E-state index contributed by atoms with van der Waals surface area (Å²) in [7, 11) is 0. The van der Waals surface area contributed by atoms with Gasteiger partial charge in [0, 0.05) is 5.57 Å². The monoisotopic (exact) mass is 296 g/mol. The van der Waals surface area contributed by atoms with Gasteiger partial charge in [0.15, 0.2) is 0 Å². The Morgan fingerprint density at radius 1 is 0.905 bits per heavy atom. The second-order valence-corrected chi connectivity index (χ2v) is 6.86. The van der Waals surface area contributed by atoms with Crippen molar-refractivity contribution in [3.63, 3.8) is 0 Å². The van der Waals surface area contributed by atoms with Crippen LogP contribution in [0.2, 0.25) is 0 Å². The molecule has 0 aromatic rings. The number of ether oxygens (including phenoxy) is 1. The van der Waals surface area contributed by atoms with Crippen molar-refractivity contribution >= 4 is 5.97 Å². The molecule has 0 saturated carbocycles. The highest BCUT2D eigenvalue weighted by molar-refractivity contribution is 5.87. The summed E-state index contributed by atoms with van der Waals surface area (Å²) in [5.74, 6) is -0.271. The summed E-state index contributed by atoms with van der Waals surface area (Å²) in [6.45, 7) is 11.5. The molecule has 0 aromatic heterocycles. The third-order valence-corrected chi connectivity index (χ3v) is 3.85. The second kappa shape index (κ2) is 11.8. The standard InChI is InChI=1S/C19H36O2/c1-6-7-8-9-10-11-12-13-14-15-16-19(4,5)21-18(20)17(2)3/h2,6-16H2,1,3-5H3. The minimum absolute atomic E-state index is 0.271. The molecule has 2 heteroatoms. The zero-order valence-electron chi connectivity index (χ0n) is 14.8. The third kappa shape index (κ3) is 12.6. The number of hydrogen-bond donors (Lipinski definition) is 0. The average molecular weight is 296 g/mol. The Bertz CT molecular complexity index is 292. The summed E-state index contributed by atoms with van der Waals surface area (Å²) in [5, 5.41) is 0. The summed E-state index contributed by atoms with van der Waals surface area (Å²) < 4.78 is 5.44. The highest BCUT2D eigenvalue weighted by Crippen LogP contribution is 2.21. The van der Waals surface area contributed by atoms with Gasteiger partial charge in [0.2, 0.25) is 0 Å². The molecule has 0 bridgehead atoms. The molecular formula is C19H36O2. The summed E-state index contributed by atoms with van der Waals surface area (Å²) in [6.07, 6.45) is 14.2. The Labute approximate surface area is 132 Å². The number of unbranched alkanes of at least 4 members (excludes halogenated alkanes) is 9. The largest absolute Gasteiger partial charge is 0.456 e. The molecular weight excluding hydrogens is 260 g/mol. The van der Waals surface area contributed by atoms with E-state index >= 15 is 0 Å². The highest BCUT2D eigenvalue weighted by atomic mass is 16.6. The van der Waals surface area contributed by atoms with Crippen molar-refractivity contribution in [2.24, 2.45) is 0 Å². The lowest BCUT2D eigenvalue weighted by molar-refractivity contribution is -0.152. The fourth-order valence-corrected chi connectivity index (χ4v) is 2.43. The van der Waals surface area contributed by atoms with Gasteiger partial charge in [-0.2, -0.15) is 0 Å². The maximum Gasteiger partial charge on any atom is 0.333 e. The number of carbonyl (C=O) groups is 1. The van der Waals surface area contributed by atoms with Gasteiger partial charge in [-0.1, -0.05) is 71.3 Å². The Hall–Kier alpha value is -0.790. The van der Waals surface area contributed by atoms with E-state index in [-0.39, 0.29) is 11.6 Å². The molecule has 0 aliphatic carbocycles. The molecule has 0 aromatic carbocycles. The van der Waals surface area contributed by atoms with Crippen LogP contribution in [0.25, 0.3) is 0 Å². The van der Waals surface area contributed by atoms with Gasteiger partial charge in [0.05, 0.1) is 0 Å². The molecule has 21 heavy (non-hydrogen) atoms. The maximum absolute atomic E-state index is 11.5.